The highest BCUT2D eigenvalue weighted by atomic mass is 32.1. The second kappa shape index (κ2) is 12.4. The van der Waals surface area contributed by atoms with Gasteiger partial charge in [-0.05, 0) is 32.1 Å². The number of fused-ring (bicyclic) bond motifs is 3. The fourth-order valence-electron chi connectivity index (χ4n) is 6.45. The predicted molar refractivity (Wildman–Crippen MR) is 178 cm³/mol. The highest BCUT2D eigenvalue weighted by Gasteiger charge is 2.34. The number of benzene rings is 1. The number of hydrogen-bond acceptors (Lipinski definition) is 7. The number of amides is 1. The smallest absolute Gasteiger partial charge is 0.246 e. The van der Waals surface area contributed by atoms with Gasteiger partial charge in [0.15, 0.2) is 5.82 Å². The third kappa shape index (κ3) is 5.35. The molecule has 6 heterocycles. The Balaban J connectivity index is 1.55. The van der Waals surface area contributed by atoms with Crippen LogP contribution >= 0.6 is 11.3 Å². The summed E-state index contributed by atoms with van der Waals surface area (Å²) in [7, 11) is 3.14. The van der Waals surface area contributed by atoms with Crippen LogP contribution in [0.3, 0.4) is 0 Å². The summed E-state index contributed by atoms with van der Waals surface area (Å²) in [6.45, 7) is 7.83. The number of aromatic nitrogens is 5. The van der Waals surface area contributed by atoms with Crippen LogP contribution in [-0.2, 0) is 16.6 Å². The van der Waals surface area contributed by atoms with Crippen LogP contribution in [0.5, 0.6) is 5.75 Å². The molecule has 0 spiro atoms. The first-order valence-electron chi connectivity index (χ1n) is 15.4. The molecular weight excluding hydrogens is 660 g/mol. The minimum absolute atomic E-state index is 0.0103. The second-order valence-corrected chi connectivity index (χ2v) is 12.8. The molecule has 9 nitrogen and oxygen atoms in total. The van der Waals surface area contributed by atoms with Crippen molar-refractivity contribution in [1.29, 1.82) is 0 Å². The number of nitrogens with zero attached hydrogens (tertiary/aromatic N) is 6. The maximum Gasteiger partial charge on any atom is 0.246 e. The quantitative estimate of drug-likeness (QED) is 0.0929. The van der Waals surface area contributed by atoms with Crippen molar-refractivity contribution in [3.63, 3.8) is 0 Å². The van der Waals surface area contributed by atoms with E-state index in [1.54, 1.807) is 33.3 Å². The van der Waals surface area contributed by atoms with Crippen LogP contribution in [0.2, 0.25) is 0 Å². The Morgan fingerprint density at radius 2 is 1.86 bits per heavy atom. The zero-order valence-corrected chi connectivity index (χ0v) is 27.7. The number of carbonyl (C=O) groups excluding carboxylic acids is 1. The molecule has 0 saturated heterocycles. The molecule has 1 aliphatic rings. The van der Waals surface area contributed by atoms with Crippen LogP contribution < -0.4 is 4.74 Å². The molecule has 14 heteroatoms. The van der Waals surface area contributed by atoms with Crippen molar-refractivity contribution in [3.05, 3.63) is 83.7 Å². The average molecular weight is 691 g/mol. The van der Waals surface area contributed by atoms with Crippen LogP contribution in [-0.4, -0.2) is 62.0 Å². The van der Waals surface area contributed by atoms with E-state index < -0.39 is 29.3 Å². The third-order valence-corrected chi connectivity index (χ3v) is 9.74. The van der Waals surface area contributed by atoms with Gasteiger partial charge in [-0.15, -0.1) is 11.3 Å². The van der Waals surface area contributed by atoms with Crippen LogP contribution in [0.1, 0.15) is 31.6 Å². The van der Waals surface area contributed by atoms with Crippen molar-refractivity contribution in [2.24, 2.45) is 7.05 Å². The van der Waals surface area contributed by atoms with Crippen molar-refractivity contribution >= 4 is 38.4 Å². The normalized spacial score (nSPS) is 16.0. The lowest BCUT2D eigenvalue weighted by atomic mass is 9.95. The zero-order valence-electron chi connectivity index (χ0n) is 26.9. The molecule has 7 rings (SSSR count). The van der Waals surface area contributed by atoms with Gasteiger partial charge in [0.1, 0.15) is 46.7 Å². The molecule has 6 aromatic rings. The van der Waals surface area contributed by atoms with Crippen molar-refractivity contribution in [1.82, 2.24) is 29.2 Å². The Morgan fingerprint density at radius 3 is 2.61 bits per heavy atom. The molecule has 1 aromatic carbocycles. The van der Waals surface area contributed by atoms with Crippen molar-refractivity contribution in [2.45, 2.75) is 25.9 Å². The van der Waals surface area contributed by atoms with Gasteiger partial charge in [0.2, 0.25) is 5.91 Å². The van der Waals surface area contributed by atoms with Crippen LogP contribution in [0.25, 0.3) is 54.9 Å². The molecule has 49 heavy (non-hydrogen) atoms. The van der Waals surface area contributed by atoms with Gasteiger partial charge >= 0.3 is 0 Å². The molecule has 2 atom stereocenters. The molecule has 0 saturated carbocycles. The van der Waals surface area contributed by atoms with E-state index >= 15 is 8.78 Å². The van der Waals surface area contributed by atoms with E-state index in [1.165, 1.54) is 31.0 Å². The Morgan fingerprint density at radius 1 is 1.06 bits per heavy atom. The molecule has 0 unspecified atom stereocenters. The summed E-state index contributed by atoms with van der Waals surface area (Å²) in [6.07, 6.45) is 4.01. The number of aryl methyl sites for hydroxylation is 1. The van der Waals surface area contributed by atoms with Crippen LogP contribution in [0.15, 0.2) is 54.7 Å². The molecule has 5 aromatic heterocycles. The Bertz CT molecular complexity index is 2300. The van der Waals surface area contributed by atoms with Gasteiger partial charge < -0.3 is 18.9 Å². The van der Waals surface area contributed by atoms with E-state index in [0.29, 0.717) is 39.8 Å². The van der Waals surface area contributed by atoms with Gasteiger partial charge in [0.05, 0.1) is 45.9 Å². The molecule has 0 fully saturated rings. The van der Waals surface area contributed by atoms with Gasteiger partial charge in [0, 0.05) is 67.1 Å². The fraction of sp³-hybridized carbons (Fsp3) is 0.257. The minimum Gasteiger partial charge on any atom is -0.490 e. The van der Waals surface area contributed by atoms with Gasteiger partial charge in [0.25, 0.3) is 0 Å². The highest BCUT2D eigenvalue weighted by molar-refractivity contribution is 7.17. The summed E-state index contributed by atoms with van der Waals surface area (Å²) in [4.78, 5) is 23.8. The number of pyridine rings is 2. The fourth-order valence-corrected chi connectivity index (χ4v) is 7.38. The number of thiophene rings is 1. The standard InChI is InChI=1S/C35H30F4N6O3S/c1-6-28(46)44-14-17(2)45-25(18(44)3)12-24(42-45)34-31(29-21(37)10-20(36)11-27(29)48-8-7-47-5)30-23(39)16-49-35(30)32(41-34)19-9-26-33(40-13-19)22(38)15-43(26)4/h6,9-13,15-18H,1,7-8,14H2,2-5H3/t17-,18+/m0/s1. The summed E-state index contributed by atoms with van der Waals surface area (Å²) in [5.41, 5.74) is 2.22. The largest absolute Gasteiger partial charge is 0.490 e. The van der Waals surface area contributed by atoms with Gasteiger partial charge in [-0.25, -0.2) is 22.5 Å². The molecule has 0 aliphatic carbocycles. The third-order valence-electron chi connectivity index (χ3n) is 8.78. The number of methoxy groups -OCH3 is 1. The first kappa shape index (κ1) is 32.5. The Hall–Kier alpha value is -5.08. The topological polar surface area (TPSA) is 87.3 Å². The molecular formula is C35H30F4N6O3S. The summed E-state index contributed by atoms with van der Waals surface area (Å²) in [5.74, 6) is -3.47. The highest BCUT2D eigenvalue weighted by Crippen LogP contribution is 2.48. The van der Waals surface area contributed by atoms with E-state index in [9.17, 15) is 13.6 Å². The number of hydrogen-bond donors (Lipinski definition) is 0. The summed E-state index contributed by atoms with van der Waals surface area (Å²) in [5, 5.41) is 6.18. The number of ether oxygens (including phenoxy) is 2. The van der Waals surface area contributed by atoms with Crippen molar-refractivity contribution in [2.75, 3.05) is 26.9 Å². The summed E-state index contributed by atoms with van der Waals surface area (Å²) >= 11 is 1.05. The first-order valence-corrected chi connectivity index (χ1v) is 16.3. The van der Waals surface area contributed by atoms with Crippen LogP contribution in [0.4, 0.5) is 17.6 Å². The van der Waals surface area contributed by atoms with Gasteiger partial charge in [-0.3, -0.25) is 14.5 Å². The monoisotopic (exact) mass is 690 g/mol. The van der Waals surface area contributed by atoms with E-state index in [-0.39, 0.29) is 64.3 Å². The lowest BCUT2D eigenvalue weighted by molar-refractivity contribution is -0.129. The van der Waals surface area contributed by atoms with E-state index in [2.05, 4.69) is 11.6 Å². The van der Waals surface area contributed by atoms with E-state index in [0.717, 1.165) is 17.4 Å². The second-order valence-electron chi connectivity index (χ2n) is 11.9. The predicted octanol–water partition coefficient (Wildman–Crippen LogP) is 7.61. The average Bonchev–Trinajstić information content (AvgIpc) is 3.77. The summed E-state index contributed by atoms with van der Waals surface area (Å²) < 4.78 is 76.1. The number of halogens is 4. The SMILES string of the molecule is C=CC(=O)N1C[C@H](C)n2nc(-c3nc(-c4cnc5c(F)cn(C)c5c4)c4scc(F)c4c3-c3c(F)cc(F)cc3OCCOC)cc2[C@H]1C. The maximum absolute atomic E-state index is 16.2. The molecule has 1 amide bonds. The van der Waals surface area contributed by atoms with Gasteiger partial charge in [-0.1, -0.05) is 6.58 Å². The molecule has 0 N–H and O–H groups in total. The zero-order chi connectivity index (χ0) is 34.7. The first-order chi connectivity index (χ1) is 23.5. The molecule has 0 bridgehead atoms. The Labute approximate surface area is 282 Å². The number of carbonyl (C=O) groups is 1. The maximum atomic E-state index is 16.2. The van der Waals surface area contributed by atoms with Gasteiger partial charge in [-0.2, -0.15) is 5.10 Å². The van der Waals surface area contributed by atoms with Crippen LogP contribution in [0, 0.1) is 23.3 Å². The lowest BCUT2D eigenvalue weighted by Gasteiger charge is -2.36. The lowest BCUT2D eigenvalue weighted by Crippen LogP contribution is -2.42. The van der Waals surface area contributed by atoms with Crippen molar-refractivity contribution < 1.29 is 31.8 Å². The van der Waals surface area contributed by atoms with E-state index in [4.69, 9.17) is 19.6 Å². The van der Waals surface area contributed by atoms with Crippen molar-refractivity contribution in [3.8, 4) is 39.5 Å². The minimum atomic E-state index is -0.994. The van der Waals surface area contributed by atoms with E-state index in [1.807, 2.05) is 13.8 Å². The Kier molecular flexibility index (Phi) is 8.23. The molecule has 1 aliphatic heterocycles. The summed E-state index contributed by atoms with van der Waals surface area (Å²) in [6, 6.07) is 4.49. The molecule has 252 valence electrons. The molecule has 0 radical (unpaired) electrons. The number of rotatable bonds is 8.